The lowest BCUT2D eigenvalue weighted by Crippen LogP contribution is -2.54. The molecule has 0 saturated carbocycles. The normalized spacial score (nSPS) is 14.3. The first-order chi connectivity index (χ1) is 19.8. The van der Waals surface area contributed by atoms with Crippen LogP contribution >= 0.6 is 47.8 Å². The number of imide groups is 2. The summed E-state index contributed by atoms with van der Waals surface area (Å²) in [4.78, 5) is 39.6. The highest BCUT2D eigenvalue weighted by molar-refractivity contribution is 9.11. The third-order valence-corrected chi connectivity index (χ3v) is 7.78. The zero-order valence-electron chi connectivity index (χ0n) is 21.3. The molecular formula is C31H21Br3N2O5. The second kappa shape index (κ2) is 12.8. The maximum absolute atomic E-state index is 13.4. The maximum Gasteiger partial charge on any atom is 0.335 e. The summed E-state index contributed by atoms with van der Waals surface area (Å²) < 4.78 is 14.0. The molecule has 4 aromatic rings. The van der Waals surface area contributed by atoms with Crippen LogP contribution in [-0.2, 0) is 22.8 Å². The molecule has 0 aliphatic carbocycles. The van der Waals surface area contributed by atoms with Gasteiger partial charge in [-0.15, -0.1) is 0 Å². The second-order valence-electron chi connectivity index (χ2n) is 8.95. The van der Waals surface area contributed by atoms with Crippen LogP contribution in [0.3, 0.4) is 0 Å². The van der Waals surface area contributed by atoms with Gasteiger partial charge in [0.1, 0.15) is 30.3 Å². The number of anilines is 1. The molecule has 5 rings (SSSR count). The summed E-state index contributed by atoms with van der Waals surface area (Å²) in [7, 11) is 0. The number of benzene rings is 4. The van der Waals surface area contributed by atoms with Crippen LogP contribution < -0.4 is 19.7 Å². The van der Waals surface area contributed by atoms with E-state index in [4.69, 9.17) is 9.47 Å². The third kappa shape index (κ3) is 6.95. The summed E-state index contributed by atoms with van der Waals surface area (Å²) in [6.07, 6.45) is 1.43. The summed E-state index contributed by atoms with van der Waals surface area (Å²) in [5, 5.41) is 2.25. The molecule has 1 fully saturated rings. The lowest BCUT2D eigenvalue weighted by Gasteiger charge is -2.26. The summed E-state index contributed by atoms with van der Waals surface area (Å²) >= 11 is 10.5. The van der Waals surface area contributed by atoms with Crippen molar-refractivity contribution in [1.82, 2.24) is 5.32 Å². The van der Waals surface area contributed by atoms with E-state index in [-0.39, 0.29) is 5.57 Å². The maximum atomic E-state index is 13.4. The van der Waals surface area contributed by atoms with E-state index in [2.05, 4.69) is 53.1 Å². The van der Waals surface area contributed by atoms with Gasteiger partial charge in [0, 0.05) is 4.47 Å². The molecule has 0 atom stereocenters. The van der Waals surface area contributed by atoms with Gasteiger partial charge in [-0.2, -0.15) is 0 Å². The number of rotatable bonds is 8. The zero-order chi connectivity index (χ0) is 28.9. The molecule has 1 heterocycles. The van der Waals surface area contributed by atoms with Crippen molar-refractivity contribution in [3.8, 4) is 11.5 Å². The van der Waals surface area contributed by atoms with Gasteiger partial charge in [-0.3, -0.25) is 14.9 Å². The van der Waals surface area contributed by atoms with Gasteiger partial charge in [0.25, 0.3) is 11.8 Å². The molecule has 0 bridgehead atoms. The Morgan fingerprint density at radius 1 is 0.732 bits per heavy atom. The SMILES string of the molecule is O=C1NC(=O)N(c2ccc(OCc3ccccc3)cc2)C(=O)/C1=C/c1cc(Br)c(OCc2ccc(Br)cc2)c(Br)c1. The van der Waals surface area contributed by atoms with Crippen LogP contribution in [0.2, 0.25) is 0 Å². The highest BCUT2D eigenvalue weighted by atomic mass is 79.9. The standard InChI is InChI=1S/C31H21Br3N2O5/c32-22-8-6-20(7-9-22)18-41-28-26(33)15-21(16-27(28)34)14-25-29(37)35-31(39)36(30(25)38)23-10-12-24(13-11-23)40-17-19-4-2-1-3-5-19/h1-16H,17-18H2,(H,35,37,39)/b25-14+. The van der Waals surface area contributed by atoms with Gasteiger partial charge in [-0.1, -0.05) is 58.4 Å². The Balaban J connectivity index is 1.32. The van der Waals surface area contributed by atoms with Gasteiger partial charge in [0.2, 0.25) is 0 Å². The predicted molar refractivity (Wildman–Crippen MR) is 167 cm³/mol. The van der Waals surface area contributed by atoms with Crippen molar-refractivity contribution in [1.29, 1.82) is 0 Å². The lowest BCUT2D eigenvalue weighted by atomic mass is 10.1. The van der Waals surface area contributed by atoms with Crippen LogP contribution in [0.5, 0.6) is 11.5 Å². The molecule has 7 nitrogen and oxygen atoms in total. The van der Waals surface area contributed by atoms with Crippen LogP contribution in [0.4, 0.5) is 10.5 Å². The minimum absolute atomic E-state index is 0.184. The van der Waals surface area contributed by atoms with Gasteiger partial charge in [0.05, 0.1) is 14.6 Å². The summed E-state index contributed by atoms with van der Waals surface area (Å²) in [6.45, 7) is 0.725. The van der Waals surface area contributed by atoms with Crippen molar-refractivity contribution in [2.75, 3.05) is 4.90 Å². The average Bonchev–Trinajstić information content (AvgIpc) is 2.96. The van der Waals surface area contributed by atoms with E-state index in [1.54, 1.807) is 36.4 Å². The van der Waals surface area contributed by atoms with Crippen LogP contribution in [0.15, 0.2) is 110 Å². The van der Waals surface area contributed by atoms with Crippen LogP contribution in [0.1, 0.15) is 16.7 Å². The number of halogens is 3. The van der Waals surface area contributed by atoms with Crippen molar-refractivity contribution in [2.24, 2.45) is 0 Å². The Kier molecular flexibility index (Phi) is 9.02. The number of hydrogen-bond donors (Lipinski definition) is 1. The van der Waals surface area contributed by atoms with Crippen LogP contribution in [-0.4, -0.2) is 17.8 Å². The van der Waals surface area contributed by atoms with E-state index >= 15 is 0 Å². The number of carbonyl (C=O) groups excluding carboxylic acids is 3. The van der Waals surface area contributed by atoms with Crippen molar-refractivity contribution >= 4 is 77.4 Å². The number of barbiturate groups is 1. The second-order valence-corrected chi connectivity index (χ2v) is 11.6. The minimum atomic E-state index is -0.825. The van der Waals surface area contributed by atoms with Crippen LogP contribution in [0.25, 0.3) is 6.08 Å². The number of carbonyl (C=O) groups is 3. The molecule has 10 heteroatoms. The van der Waals surface area contributed by atoms with Crippen molar-refractivity contribution < 1.29 is 23.9 Å². The smallest absolute Gasteiger partial charge is 0.335 e. The highest BCUT2D eigenvalue weighted by Crippen LogP contribution is 2.36. The number of urea groups is 1. The summed E-state index contributed by atoms with van der Waals surface area (Å²) in [6, 6.07) is 26.6. The molecule has 1 N–H and O–H groups in total. The molecular weight excluding hydrogens is 720 g/mol. The molecule has 206 valence electrons. The van der Waals surface area contributed by atoms with E-state index < -0.39 is 17.8 Å². The third-order valence-electron chi connectivity index (χ3n) is 6.07. The van der Waals surface area contributed by atoms with Gasteiger partial charge >= 0.3 is 6.03 Å². The molecule has 1 aliphatic rings. The van der Waals surface area contributed by atoms with Gasteiger partial charge in [-0.25, -0.2) is 9.69 Å². The molecule has 0 spiro atoms. The number of nitrogens with zero attached hydrogens (tertiary/aromatic N) is 1. The molecule has 41 heavy (non-hydrogen) atoms. The topological polar surface area (TPSA) is 84.9 Å². The average molecular weight is 741 g/mol. The lowest BCUT2D eigenvalue weighted by molar-refractivity contribution is -0.122. The molecule has 4 aromatic carbocycles. The van der Waals surface area contributed by atoms with E-state index in [0.29, 0.717) is 44.9 Å². The van der Waals surface area contributed by atoms with Crippen molar-refractivity contribution in [3.63, 3.8) is 0 Å². The van der Waals surface area contributed by atoms with E-state index in [0.717, 1.165) is 20.5 Å². The fourth-order valence-corrected chi connectivity index (χ4v) is 5.74. The zero-order valence-corrected chi connectivity index (χ0v) is 26.0. The van der Waals surface area contributed by atoms with E-state index in [1.807, 2.05) is 54.6 Å². The Morgan fingerprint density at radius 3 is 2.00 bits per heavy atom. The minimum Gasteiger partial charge on any atom is -0.489 e. The van der Waals surface area contributed by atoms with Gasteiger partial charge < -0.3 is 9.47 Å². The first-order valence-electron chi connectivity index (χ1n) is 12.3. The first kappa shape index (κ1) is 28.8. The molecule has 1 saturated heterocycles. The van der Waals surface area contributed by atoms with Crippen molar-refractivity contribution in [3.05, 3.63) is 127 Å². The highest BCUT2D eigenvalue weighted by Gasteiger charge is 2.36. The van der Waals surface area contributed by atoms with Crippen molar-refractivity contribution in [2.45, 2.75) is 13.2 Å². The Hall–Kier alpha value is -3.73. The van der Waals surface area contributed by atoms with Gasteiger partial charge in [-0.05, 0) is 103 Å². The molecule has 0 aromatic heterocycles. The molecule has 0 unspecified atom stereocenters. The number of ether oxygens (including phenoxy) is 2. The Labute approximate surface area is 261 Å². The molecule has 4 amide bonds. The number of nitrogens with one attached hydrogen (secondary N) is 1. The van der Waals surface area contributed by atoms with Gasteiger partial charge in [0.15, 0.2) is 0 Å². The molecule has 1 aliphatic heterocycles. The first-order valence-corrected chi connectivity index (χ1v) is 14.7. The Bertz CT molecular complexity index is 1620. The summed E-state index contributed by atoms with van der Waals surface area (Å²) in [5.41, 5.74) is 2.67. The largest absolute Gasteiger partial charge is 0.489 e. The monoisotopic (exact) mass is 738 g/mol. The molecule has 0 radical (unpaired) electrons. The number of hydrogen-bond acceptors (Lipinski definition) is 5. The van der Waals surface area contributed by atoms with E-state index in [9.17, 15) is 14.4 Å². The fraction of sp³-hybridized carbons (Fsp3) is 0.0645. The summed E-state index contributed by atoms with van der Waals surface area (Å²) in [5.74, 6) is -0.367. The quantitative estimate of drug-likeness (QED) is 0.147. The Morgan fingerprint density at radius 2 is 1.34 bits per heavy atom. The fourth-order valence-electron chi connectivity index (χ4n) is 4.03. The van der Waals surface area contributed by atoms with E-state index in [1.165, 1.54) is 6.08 Å². The van der Waals surface area contributed by atoms with Crippen LogP contribution in [0, 0.1) is 0 Å². The number of amides is 4. The predicted octanol–water partition coefficient (Wildman–Crippen LogP) is 7.80.